The Labute approximate surface area is 189 Å². The summed E-state index contributed by atoms with van der Waals surface area (Å²) in [5.74, 6) is -3.36. The van der Waals surface area contributed by atoms with Gasteiger partial charge in [0, 0.05) is 24.2 Å². The predicted molar refractivity (Wildman–Crippen MR) is 121 cm³/mol. The highest BCUT2D eigenvalue weighted by Gasteiger charge is 2.41. The predicted octanol–water partition coefficient (Wildman–Crippen LogP) is 5.43. The SMILES string of the molecule is CCOc1c(=O)n(C2(C)CC2)cc2c(NC(C)c3cccc(C(C)(F)F)c3F)nc(C)nc12. The third-order valence-corrected chi connectivity index (χ3v) is 6.11. The average molecular weight is 461 g/mol. The lowest BCUT2D eigenvalue weighted by molar-refractivity contribution is 0.0136. The first kappa shape index (κ1) is 23.1. The summed E-state index contributed by atoms with van der Waals surface area (Å²) in [4.78, 5) is 22.1. The first-order valence-electron chi connectivity index (χ1n) is 11.0. The number of hydrogen-bond acceptors (Lipinski definition) is 5. The van der Waals surface area contributed by atoms with Gasteiger partial charge in [-0.15, -0.1) is 0 Å². The minimum Gasteiger partial charge on any atom is -0.487 e. The highest BCUT2D eigenvalue weighted by molar-refractivity contribution is 5.92. The van der Waals surface area contributed by atoms with Gasteiger partial charge >= 0.3 is 0 Å². The van der Waals surface area contributed by atoms with Crippen molar-refractivity contribution in [3.63, 3.8) is 0 Å². The molecule has 1 atom stereocenters. The van der Waals surface area contributed by atoms with Gasteiger partial charge in [0.05, 0.1) is 23.6 Å². The normalized spacial score (nSPS) is 16.0. The minimum absolute atomic E-state index is 0.0888. The molecule has 1 aliphatic carbocycles. The molecule has 1 aliphatic rings. The van der Waals surface area contributed by atoms with E-state index in [0.29, 0.717) is 29.5 Å². The number of halogens is 3. The molecule has 1 unspecified atom stereocenters. The zero-order valence-electron chi connectivity index (χ0n) is 19.3. The number of rotatable bonds is 7. The van der Waals surface area contributed by atoms with Crippen molar-refractivity contribution in [1.82, 2.24) is 14.5 Å². The monoisotopic (exact) mass is 460 g/mol. The number of aromatic nitrogens is 3. The average Bonchev–Trinajstić information content (AvgIpc) is 3.47. The van der Waals surface area contributed by atoms with Gasteiger partial charge in [-0.25, -0.2) is 23.1 Å². The number of anilines is 1. The first-order valence-corrected chi connectivity index (χ1v) is 11.0. The molecule has 1 saturated carbocycles. The Balaban J connectivity index is 1.85. The minimum atomic E-state index is -3.31. The number of alkyl halides is 2. The van der Waals surface area contributed by atoms with E-state index in [9.17, 15) is 18.0 Å². The zero-order valence-corrected chi connectivity index (χ0v) is 19.3. The van der Waals surface area contributed by atoms with Gasteiger partial charge in [0.2, 0.25) is 5.75 Å². The molecule has 176 valence electrons. The van der Waals surface area contributed by atoms with E-state index in [1.807, 2.05) is 6.92 Å². The fourth-order valence-corrected chi connectivity index (χ4v) is 3.99. The Morgan fingerprint density at radius 2 is 2.00 bits per heavy atom. The van der Waals surface area contributed by atoms with Gasteiger partial charge in [-0.3, -0.25) is 4.79 Å². The summed E-state index contributed by atoms with van der Waals surface area (Å²) in [6.45, 7) is 8.08. The van der Waals surface area contributed by atoms with Crippen LogP contribution in [0.25, 0.3) is 10.9 Å². The standard InChI is InChI=1S/C24H27F3N4O2/c1-6-33-20-19-16(12-31(22(20)32)23(4)10-11-23)21(30-14(3)29-19)28-13(2)15-8-7-9-17(18(15)25)24(5,26)27/h7-9,12-13H,6,10-11H2,1-5H3,(H,28,29,30). The third-order valence-electron chi connectivity index (χ3n) is 6.11. The van der Waals surface area contributed by atoms with E-state index in [0.717, 1.165) is 18.9 Å². The second-order valence-corrected chi connectivity index (χ2v) is 8.91. The van der Waals surface area contributed by atoms with Gasteiger partial charge < -0.3 is 14.6 Å². The quantitative estimate of drug-likeness (QED) is 0.509. The van der Waals surface area contributed by atoms with E-state index in [-0.39, 0.29) is 29.0 Å². The Morgan fingerprint density at radius 1 is 1.30 bits per heavy atom. The van der Waals surface area contributed by atoms with Crippen LogP contribution in [0.3, 0.4) is 0 Å². The Hall–Kier alpha value is -3.10. The number of benzene rings is 1. The van der Waals surface area contributed by atoms with Crippen molar-refractivity contribution < 1.29 is 17.9 Å². The molecule has 33 heavy (non-hydrogen) atoms. The summed E-state index contributed by atoms with van der Waals surface area (Å²) < 4.78 is 50.0. The molecule has 9 heteroatoms. The number of ether oxygens (including phenoxy) is 1. The van der Waals surface area contributed by atoms with Crippen molar-refractivity contribution in [3.8, 4) is 5.75 Å². The number of pyridine rings is 1. The molecule has 0 spiro atoms. The van der Waals surface area contributed by atoms with Crippen LogP contribution in [0.2, 0.25) is 0 Å². The number of hydrogen-bond donors (Lipinski definition) is 1. The molecule has 6 nitrogen and oxygen atoms in total. The van der Waals surface area contributed by atoms with Crippen LogP contribution in [0, 0.1) is 12.7 Å². The first-order chi connectivity index (χ1) is 15.5. The molecule has 4 rings (SSSR count). The van der Waals surface area contributed by atoms with Crippen molar-refractivity contribution in [3.05, 3.63) is 57.5 Å². The molecule has 1 aromatic carbocycles. The number of aryl methyl sites for hydroxylation is 1. The lowest BCUT2D eigenvalue weighted by atomic mass is 10.0. The van der Waals surface area contributed by atoms with Crippen LogP contribution in [-0.4, -0.2) is 21.1 Å². The maximum Gasteiger partial charge on any atom is 0.295 e. The van der Waals surface area contributed by atoms with Crippen LogP contribution in [0.1, 0.15) is 63.5 Å². The molecule has 2 heterocycles. The fourth-order valence-electron chi connectivity index (χ4n) is 3.99. The Kier molecular flexibility index (Phi) is 5.62. The van der Waals surface area contributed by atoms with Gasteiger partial charge in [-0.2, -0.15) is 0 Å². The largest absolute Gasteiger partial charge is 0.487 e. The van der Waals surface area contributed by atoms with Crippen molar-refractivity contribution >= 4 is 16.7 Å². The van der Waals surface area contributed by atoms with E-state index in [2.05, 4.69) is 15.3 Å². The number of fused-ring (bicyclic) bond motifs is 1. The van der Waals surface area contributed by atoms with E-state index in [4.69, 9.17) is 4.74 Å². The maximum absolute atomic E-state index is 14.9. The summed E-state index contributed by atoms with van der Waals surface area (Å²) in [6, 6.07) is 3.27. The van der Waals surface area contributed by atoms with E-state index in [1.165, 1.54) is 12.1 Å². The summed E-state index contributed by atoms with van der Waals surface area (Å²) in [7, 11) is 0. The molecule has 0 aliphatic heterocycles. The molecular weight excluding hydrogens is 433 g/mol. The summed E-state index contributed by atoms with van der Waals surface area (Å²) in [6.07, 6.45) is 3.42. The van der Waals surface area contributed by atoms with Crippen molar-refractivity contribution in [1.29, 1.82) is 0 Å². The fraction of sp³-hybridized carbons (Fsp3) is 0.458. The highest BCUT2D eigenvalue weighted by Crippen LogP contribution is 2.43. The van der Waals surface area contributed by atoms with E-state index in [1.54, 1.807) is 31.5 Å². The molecule has 0 radical (unpaired) electrons. The van der Waals surface area contributed by atoms with Crippen LogP contribution in [0.15, 0.2) is 29.2 Å². The van der Waals surface area contributed by atoms with Crippen LogP contribution < -0.4 is 15.6 Å². The topological polar surface area (TPSA) is 69.0 Å². The third kappa shape index (κ3) is 4.16. The Bertz CT molecular complexity index is 1280. The van der Waals surface area contributed by atoms with Crippen LogP contribution >= 0.6 is 0 Å². The van der Waals surface area contributed by atoms with E-state index >= 15 is 0 Å². The van der Waals surface area contributed by atoms with Gasteiger partial charge in [0.1, 0.15) is 23.0 Å². The molecular formula is C24H27F3N4O2. The Morgan fingerprint density at radius 3 is 2.61 bits per heavy atom. The highest BCUT2D eigenvalue weighted by atomic mass is 19.3. The van der Waals surface area contributed by atoms with Crippen molar-refractivity contribution in [2.24, 2.45) is 0 Å². The lowest BCUT2D eigenvalue weighted by Crippen LogP contribution is -2.29. The smallest absolute Gasteiger partial charge is 0.295 e. The summed E-state index contributed by atoms with van der Waals surface area (Å²) in [5, 5.41) is 3.69. The summed E-state index contributed by atoms with van der Waals surface area (Å²) in [5.41, 5.74) is -0.778. The number of nitrogens with zero attached hydrogens (tertiary/aromatic N) is 3. The molecule has 2 aromatic heterocycles. The van der Waals surface area contributed by atoms with Crippen molar-refractivity contribution in [2.75, 3.05) is 11.9 Å². The van der Waals surface area contributed by atoms with Gasteiger partial charge in [0.25, 0.3) is 11.5 Å². The lowest BCUT2D eigenvalue weighted by Gasteiger charge is -2.22. The molecule has 0 amide bonds. The number of nitrogens with one attached hydrogen (secondary N) is 1. The van der Waals surface area contributed by atoms with Gasteiger partial charge in [-0.05, 0) is 40.5 Å². The van der Waals surface area contributed by atoms with E-state index < -0.39 is 23.3 Å². The molecule has 1 fully saturated rings. The van der Waals surface area contributed by atoms with Crippen molar-refractivity contribution in [2.45, 2.75) is 65.0 Å². The van der Waals surface area contributed by atoms with Crippen LogP contribution in [0.5, 0.6) is 5.75 Å². The van der Waals surface area contributed by atoms with Gasteiger partial charge in [0.15, 0.2) is 0 Å². The molecule has 1 N–H and O–H groups in total. The second kappa shape index (κ2) is 8.04. The van der Waals surface area contributed by atoms with Crippen LogP contribution in [0.4, 0.5) is 19.0 Å². The summed E-state index contributed by atoms with van der Waals surface area (Å²) >= 11 is 0. The molecule has 3 aromatic rings. The molecule has 0 saturated heterocycles. The zero-order chi connectivity index (χ0) is 24.1. The second-order valence-electron chi connectivity index (χ2n) is 8.91. The molecule has 0 bridgehead atoms. The van der Waals surface area contributed by atoms with Crippen LogP contribution in [-0.2, 0) is 11.5 Å². The maximum atomic E-state index is 14.9. The van der Waals surface area contributed by atoms with Gasteiger partial charge in [-0.1, -0.05) is 18.2 Å².